The fourth-order valence-electron chi connectivity index (χ4n) is 2.02. The zero-order chi connectivity index (χ0) is 17.2. The summed E-state index contributed by atoms with van der Waals surface area (Å²) in [7, 11) is 0. The van der Waals surface area contributed by atoms with Crippen LogP contribution in [-0.2, 0) is 15.8 Å². The number of anilines is 1. The molecule has 2 rings (SSSR count). The highest BCUT2D eigenvalue weighted by Gasteiger charge is 2.36. The third-order valence-corrected chi connectivity index (χ3v) is 4.90. The molecule has 0 aliphatic carbocycles. The molecule has 1 aliphatic rings. The second-order valence-corrected chi connectivity index (χ2v) is 6.67. The number of nitrogens with zero attached hydrogens (tertiary/aromatic N) is 1. The summed E-state index contributed by atoms with van der Waals surface area (Å²) in [5.74, 6) is -0.848. The van der Waals surface area contributed by atoms with E-state index in [4.69, 9.17) is 12.2 Å². The van der Waals surface area contributed by atoms with Crippen LogP contribution >= 0.6 is 24.0 Å². The lowest BCUT2D eigenvalue weighted by Crippen LogP contribution is -2.38. The summed E-state index contributed by atoms with van der Waals surface area (Å²) in [4.78, 5) is 25.1. The molecule has 1 aromatic rings. The molecular formula is C14H13F3N2O2S2. The van der Waals surface area contributed by atoms with Gasteiger partial charge >= 0.3 is 6.18 Å². The normalized spacial score (nSPS) is 18.4. The third kappa shape index (κ3) is 4.23. The van der Waals surface area contributed by atoms with Crippen molar-refractivity contribution < 1.29 is 22.8 Å². The van der Waals surface area contributed by atoms with E-state index in [1.165, 1.54) is 28.8 Å². The van der Waals surface area contributed by atoms with Crippen LogP contribution in [0.2, 0.25) is 0 Å². The molecule has 2 amide bonds. The Bertz CT molecular complexity index is 649. The maximum Gasteiger partial charge on any atom is 0.416 e. The second kappa shape index (κ2) is 6.88. The van der Waals surface area contributed by atoms with Crippen LogP contribution in [-0.4, -0.2) is 32.8 Å². The lowest BCUT2D eigenvalue weighted by molar-refractivity contribution is -0.137. The van der Waals surface area contributed by atoms with Gasteiger partial charge in [-0.2, -0.15) is 13.2 Å². The topological polar surface area (TPSA) is 49.4 Å². The van der Waals surface area contributed by atoms with E-state index in [2.05, 4.69) is 5.32 Å². The highest BCUT2D eigenvalue weighted by molar-refractivity contribution is 8.24. The quantitative estimate of drug-likeness (QED) is 0.835. The molecule has 0 spiro atoms. The van der Waals surface area contributed by atoms with Gasteiger partial charge in [0.1, 0.15) is 10.9 Å². The van der Waals surface area contributed by atoms with Crippen LogP contribution in [0.3, 0.4) is 0 Å². The average Bonchev–Trinajstić information content (AvgIpc) is 2.74. The molecule has 124 valence electrons. The number of thiocarbonyl (C=S) groups is 1. The first-order valence-corrected chi connectivity index (χ1v) is 8.00. The Morgan fingerprint density at radius 3 is 2.70 bits per heavy atom. The maximum atomic E-state index is 12.6. The number of alkyl halides is 3. The summed E-state index contributed by atoms with van der Waals surface area (Å²) < 4.78 is 38.2. The number of halogens is 3. The van der Waals surface area contributed by atoms with E-state index in [1.54, 1.807) is 0 Å². The van der Waals surface area contributed by atoms with Crippen molar-refractivity contribution in [2.45, 2.75) is 24.8 Å². The van der Waals surface area contributed by atoms with Crippen LogP contribution in [0.15, 0.2) is 24.3 Å². The number of nitrogens with one attached hydrogen (secondary N) is 1. The second-order valence-electron chi connectivity index (χ2n) is 4.83. The Morgan fingerprint density at radius 2 is 2.13 bits per heavy atom. The minimum atomic E-state index is -4.49. The molecule has 1 unspecified atom stereocenters. The molecule has 1 aromatic carbocycles. The zero-order valence-electron chi connectivity index (χ0n) is 12.0. The molecule has 23 heavy (non-hydrogen) atoms. The molecule has 4 nitrogen and oxygen atoms in total. The number of carbonyl (C=O) groups excluding carboxylic acids is 2. The predicted molar refractivity (Wildman–Crippen MR) is 86.1 cm³/mol. The van der Waals surface area contributed by atoms with E-state index in [0.29, 0.717) is 10.7 Å². The SMILES string of the molecule is CCC1SC(=S)N(CC(=O)Nc2cccc(C(F)(F)F)c2)C1=O. The highest BCUT2D eigenvalue weighted by Crippen LogP contribution is 2.31. The van der Waals surface area contributed by atoms with E-state index >= 15 is 0 Å². The van der Waals surface area contributed by atoms with Gasteiger partial charge in [-0.05, 0) is 24.6 Å². The summed E-state index contributed by atoms with van der Waals surface area (Å²) in [6, 6.07) is 4.30. The first kappa shape index (κ1) is 17.7. The number of carbonyl (C=O) groups is 2. The Hall–Kier alpha value is -1.61. The maximum absolute atomic E-state index is 12.6. The predicted octanol–water partition coefficient (Wildman–Crippen LogP) is 3.28. The fraction of sp³-hybridized carbons (Fsp3) is 0.357. The van der Waals surface area contributed by atoms with E-state index in [0.717, 1.165) is 12.1 Å². The van der Waals surface area contributed by atoms with E-state index < -0.39 is 17.6 Å². The molecule has 1 aliphatic heterocycles. The average molecular weight is 362 g/mol. The van der Waals surface area contributed by atoms with Gasteiger partial charge in [0.05, 0.1) is 10.8 Å². The molecule has 0 radical (unpaired) electrons. The van der Waals surface area contributed by atoms with Gasteiger partial charge in [-0.1, -0.05) is 37.0 Å². The lowest BCUT2D eigenvalue weighted by Gasteiger charge is -2.15. The van der Waals surface area contributed by atoms with E-state index in [9.17, 15) is 22.8 Å². The summed E-state index contributed by atoms with van der Waals surface area (Å²) in [5.41, 5.74) is -0.841. The Balaban J connectivity index is 2.03. The largest absolute Gasteiger partial charge is 0.416 e. The molecule has 1 atom stereocenters. The van der Waals surface area contributed by atoms with E-state index in [1.807, 2.05) is 6.92 Å². The van der Waals surface area contributed by atoms with Crippen LogP contribution in [0.5, 0.6) is 0 Å². The first-order valence-electron chi connectivity index (χ1n) is 6.71. The van der Waals surface area contributed by atoms with Crippen molar-refractivity contribution in [3.63, 3.8) is 0 Å². The van der Waals surface area contributed by atoms with E-state index in [-0.39, 0.29) is 23.4 Å². The first-order chi connectivity index (χ1) is 10.7. The van der Waals surface area contributed by atoms with Gasteiger partial charge < -0.3 is 5.32 Å². The van der Waals surface area contributed by atoms with Gasteiger partial charge in [-0.3, -0.25) is 14.5 Å². The van der Waals surface area contributed by atoms with Gasteiger partial charge in [0.15, 0.2) is 0 Å². The molecular weight excluding hydrogens is 349 g/mol. The van der Waals surface area contributed by atoms with Crippen molar-refractivity contribution in [1.82, 2.24) is 4.90 Å². The van der Waals surface area contributed by atoms with Crippen LogP contribution in [0.1, 0.15) is 18.9 Å². The van der Waals surface area contributed by atoms with Crippen LogP contribution < -0.4 is 5.32 Å². The molecule has 1 heterocycles. The zero-order valence-corrected chi connectivity index (χ0v) is 13.6. The summed E-state index contributed by atoms with van der Waals surface area (Å²) in [6.45, 7) is 1.53. The lowest BCUT2D eigenvalue weighted by atomic mass is 10.2. The van der Waals surface area contributed by atoms with Crippen LogP contribution in [0.4, 0.5) is 18.9 Å². The minimum Gasteiger partial charge on any atom is -0.325 e. The van der Waals surface area contributed by atoms with Gasteiger partial charge in [0.2, 0.25) is 11.8 Å². The molecule has 0 bridgehead atoms. The molecule has 0 saturated carbocycles. The van der Waals surface area contributed by atoms with Gasteiger partial charge in [0.25, 0.3) is 0 Å². The fourth-order valence-corrected chi connectivity index (χ4v) is 3.44. The third-order valence-electron chi connectivity index (χ3n) is 3.15. The number of rotatable bonds is 4. The number of hydrogen-bond donors (Lipinski definition) is 1. The Labute approximate surface area is 140 Å². The highest BCUT2D eigenvalue weighted by atomic mass is 32.2. The minimum absolute atomic E-state index is 0.0158. The molecule has 1 N–H and O–H groups in total. The molecule has 1 fully saturated rings. The van der Waals surface area contributed by atoms with Gasteiger partial charge in [-0.15, -0.1) is 0 Å². The van der Waals surface area contributed by atoms with Crippen molar-refractivity contribution in [3.8, 4) is 0 Å². The Kier molecular flexibility index (Phi) is 5.30. The Morgan fingerprint density at radius 1 is 1.43 bits per heavy atom. The number of benzene rings is 1. The monoisotopic (exact) mass is 362 g/mol. The van der Waals surface area contributed by atoms with Gasteiger partial charge in [-0.25, -0.2) is 0 Å². The smallest absolute Gasteiger partial charge is 0.325 e. The van der Waals surface area contributed by atoms with Crippen molar-refractivity contribution in [2.75, 3.05) is 11.9 Å². The standard InChI is InChI=1S/C14H13F3N2O2S2/c1-2-10-12(21)19(13(22)23-10)7-11(20)18-9-5-3-4-8(6-9)14(15,16)17/h3-6,10H,2,7H2,1H3,(H,18,20). The van der Waals surface area contributed by atoms with Crippen molar-refractivity contribution >= 4 is 45.8 Å². The summed E-state index contributed by atoms with van der Waals surface area (Å²) in [5, 5.41) is 2.05. The molecule has 0 aromatic heterocycles. The summed E-state index contributed by atoms with van der Waals surface area (Å²) in [6.07, 6.45) is -3.90. The van der Waals surface area contributed by atoms with Gasteiger partial charge in [0, 0.05) is 5.69 Å². The van der Waals surface area contributed by atoms with Crippen LogP contribution in [0.25, 0.3) is 0 Å². The van der Waals surface area contributed by atoms with Crippen LogP contribution in [0, 0.1) is 0 Å². The summed E-state index contributed by atoms with van der Waals surface area (Å²) >= 11 is 6.27. The number of hydrogen-bond acceptors (Lipinski definition) is 4. The van der Waals surface area contributed by atoms with Crippen molar-refractivity contribution in [3.05, 3.63) is 29.8 Å². The van der Waals surface area contributed by atoms with Crippen molar-refractivity contribution in [2.24, 2.45) is 0 Å². The molecule has 9 heteroatoms. The van der Waals surface area contributed by atoms with Crippen molar-refractivity contribution in [1.29, 1.82) is 0 Å². The number of amides is 2. The molecule has 1 saturated heterocycles. The number of thioether (sulfide) groups is 1.